The van der Waals surface area contributed by atoms with Crippen LogP contribution >= 0.6 is 0 Å². The summed E-state index contributed by atoms with van der Waals surface area (Å²) >= 11 is 0. The van der Waals surface area contributed by atoms with E-state index in [0.29, 0.717) is 56.3 Å². The fourth-order valence-electron chi connectivity index (χ4n) is 3.75. The fraction of sp³-hybridized carbons (Fsp3) is 0.304. The summed E-state index contributed by atoms with van der Waals surface area (Å²) in [5, 5.41) is 0. The molecule has 0 N–H and O–H groups in total. The van der Waals surface area contributed by atoms with Crippen LogP contribution in [0.1, 0.15) is 11.1 Å². The number of benzene rings is 2. The Morgan fingerprint density at radius 1 is 0.931 bits per heavy atom. The Kier molecular flexibility index (Phi) is 5.62. The van der Waals surface area contributed by atoms with Gasteiger partial charge in [0.2, 0.25) is 0 Å². The molecule has 0 bridgehead atoms. The number of hydrogen-bond acceptors (Lipinski definition) is 5. The quantitative estimate of drug-likeness (QED) is 0.707. The fourth-order valence-corrected chi connectivity index (χ4v) is 3.75. The smallest absolute Gasteiger partial charge is 0.277 e. The maximum Gasteiger partial charge on any atom is 0.277 e. The monoisotopic (exact) mass is 392 g/mol. The second-order valence-electron chi connectivity index (χ2n) is 7.05. The van der Waals surface area contributed by atoms with Crippen LogP contribution in [0.5, 0.6) is 5.75 Å². The lowest BCUT2D eigenvalue weighted by atomic mass is 10.0. The molecule has 1 saturated heterocycles. The molecule has 2 aliphatic heterocycles. The highest BCUT2D eigenvalue weighted by atomic mass is 16.5. The number of carbonyl (C=O) groups is 2. The summed E-state index contributed by atoms with van der Waals surface area (Å²) in [5.41, 5.74) is 2.77. The van der Waals surface area contributed by atoms with Crippen molar-refractivity contribution in [1.82, 2.24) is 9.80 Å². The Morgan fingerprint density at radius 2 is 1.62 bits per heavy atom. The van der Waals surface area contributed by atoms with Crippen LogP contribution in [0, 0.1) is 0 Å². The number of rotatable bonds is 6. The normalized spacial score (nSPS) is 17.3. The lowest BCUT2D eigenvalue weighted by Gasteiger charge is -2.29. The third-order valence-corrected chi connectivity index (χ3v) is 5.32. The largest absolute Gasteiger partial charge is 0.497 e. The van der Waals surface area contributed by atoms with Crippen molar-refractivity contribution in [3.05, 3.63) is 71.4 Å². The molecule has 0 aliphatic carbocycles. The van der Waals surface area contributed by atoms with Crippen LogP contribution in [0.4, 0.5) is 0 Å². The number of amides is 2. The van der Waals surface area contributed by atoms with Crippen molar-refractivity contribution in [2.24, 2.45) is 0 Å². The molecule has 0 radical (unpaired) electrons. The van der Waals surface area contributed by atoms with Crippen molar-refractivity contribution < 1.29 is 19.1 Å². The third-order valence-electron chi connectivity index (χ3n) is 5.32. The molecule has 4 rings (SSSR count). The Labute approximate surface area is 170 Å². The van der Waals surface area contributed by atoms with Crippen LogP contribution < -0.4 is 4.74 Å². The first-order valence-electron chi connectivity index (χ1n) is 9.80. The van der Waals surface area contributed by atoms with Gasteiger partial charge in [-0.3, -0.25) is 14.5 Å². The second-order valence-corrected chi connectivity index (χ2v) is 7.05. The van der Waals surface area contributed by atoms with Crippen molar-refractivity contribution in [3.8, 4) is 5.75 Å². The molecule has 0 atom stereocenters. The van der Waals surface area contributed by atoms with Gasteiger partial charge < -0.3 is 14.4 Å². The molecule has 0 spiro atoms. The maximum absolute atomic E-state index is 13.3. The number of methoxy groups -OCH3 is 1. The summed E-state index contributed by atoms with van der Waals surface area (Å²) in [4.78, 5) is 29.9. The van der Waals surface area contributed by atoms with Gasteiger partial charge in [0.15, 0.2) is 0 Å². The molecular formula is C23H24N2O4. The zero-order chi connectivity index (χ0) is 20.2. The van der Waals surface area contributed by atoms with E-state index in [4.69, 9.17) is 9.47 Å². The number of hydrogen-bond donors (Lipinski definition) is 0. The van der Waals surface area contributed by atoms with E-state index < -0.39 is 0 Å². The van der Waals surface area contributed by atoms with Crippen molar-refractivity contribution in [1.29, 1.82) is 0 Å². The first-order valence-corrected chi connectivity index (χ1v) is 9.80. The van der Waals surface area contributed by atoms with Gasteiger partial charge in [0.1, 0.15) is 11.4 Å². The van der Waals surface area contributed by atoms with Crippen LogP contribution in [-0.4, -0.2) is 61.6 Å². The molecule has 2 heterocycles. The van der Waals surface area contributed by atoms with Gasteiger partial charge in [-0.1, -0.05) is 42.5 Å². The van der Waals surface area contributed by atoms with E-state index in [1.54, 1.807) is 7.11 Å². The van der Waals surface area contributed by atoms with Gasteiger partial charge in [-0.05, 0) is 29.7 Å². The summed E-state index contributed by atoms with van der Waals surface area (Å²) in [7, 11) is 1.60. The Morgan fingerprint density at radius 3 is 2.28 bits per heavy atom. The summed E-state index contributed by atoms with van der Waals surface area (Å²) in [6.07, 6.45) is 0.630. The second kappa shape index (κ2) is 8.49. The average molecular weight is 392 g/mol. The standard InChI is InChI=1S/C23H24N2O4/c1-28-19-9-7-18(8-10-19)20-21(24-13-15-29-16-14-24)23(27)25(22(20)26)12-11-17-5-3-2-4-6-17/h2-10H,11-16H2,1H3. The van der Waals surface area contributed by atoms with E-state index in [0.717, 1.165) is 11.1 Å². The lowest BCUT2D eigenvalue weighted by Crippen LogP contribution is -2.40. The Bertz CT molecular complexity index is 916. The maximum atomic E-state index is 13.3. The van der Waals surface area contributed by atoms with Crippen molar-refractivity contribution in [2.75, 3.05) is 40.0 Å². The number of morpholine rings is 1. The van der Waals surface area contributed by atoms with Gasteiger partial charge in [-0.2, -0.15) is 0 Å². The van der Waals surface area contributed by atoms with Crippen LogP contribution in [0.3, 0.4) is 0 Å². The predicted molar refractivity (Wildman–Crippen MR) is 109 cm³/mol. The van der Waals surface area contributed by atoms with Crippen molar-refractivity contribution in [3.63, 3.8) is 0 Å². The zero-order valence-electron chi connectivity index (χ0n) is 16.5. The van der Waals surface area contributed by atoms with Crippen molar-refractivity contribution >= 4 is 17.4 Å². The van der Waals surface area contributed by atoms with E-state index in [1.807, 2.05) is 59.5 Å². The molecule has 29 heavy (non-hydrogen) atoms. The molecule has 1 fully saturated rings. The van der Waals surface area contributed by atoms with Crippen molar-refractivity contribution in [2.45, 2.75) is 6.42 Å². The highest BCUT2D eigenvalue weighted by Gasteiger charge is 2.41. The van der Waals surface area contributed by atoms with Gasteiger partial charge in [0.05, 0.1) is 25.9 Å². The van der Waals surface area contributed by atoms with Crippen LogP contribution in [-0.2, 0) is 20.7 Å². The molecule has 0 saturated carbocycles. The Hall–Kier alpha value is -3.12. The van der Waals surface area contributed by atoms with E-state index in [9.17, 15) is 9.59 Å². The first kappa shape index (κ1) is 19.2. The summed E-state index contributed by atoms with van der Waals surface area (Å²) in [6.45, 7) is 2.64. The number of imide groups is 1. The van der Waals surface area contributed by atoms with Gasteiger partial charge in [-0.25, -0.2) is 0 Å². The van der Waals surface area contributed by atoms with E-state index in [-0.39, 0.29) is 11.8 Å². The SMILES string of the molecule is COc1ccc(C2=C(N3CCOCC3)C(=O)N(CCc3ccccc3)C2=O)cc1. The Balaban J connectivity index is 1.65. The molecule has 2 aromatic carbocycles. The minimum Gasteiger partial charge on any atom is -0.497 e. The number of nitrogens with zero attached hydrogens (tertiary/aromatic N) is 2. The predicted octanol–water partition coefficient (Wildman–Crippen LogP) is 2.35. The highest BCUT2D eigenvalue weighted by Crippen LogP contribution is 2.33. The minimum absolute atomic E-state index is 0.223. The third kappa shape index (κ3) is 3.89. The van der Waals surface area contributed by atoms with Gasteiger partial charge in [0, 0.05) is 19.6 Å². The lowest BCUT2D eigenvalue weighted by molar-refractivity contribution is -0.137. The molecule has 2 aliphatic rings. The highest BCUT2D eigenvalue weighted by molar-refractivity contribution is 6.35. The summed E-state index contributed by atoms with van der Waals surface area (Å²) < 4.78 is 10.7. The van der Waals surface area contributed by atoms with E-state index >= 15 is 0 Å². The van der Waals surface area contributed by atoms with E-state index in [1.165, 1.54) is 4.90 Å². The molecule has 6 nitrogen and oxygen atoms in total. The van der Waals surface area contributed by atoms with Gasteiger partial charge in [-0.15, -0.1) is 0 Å². The van der Waals surface area contributed by atoms with Crippen LogP contribution in [0.2, 0.25) is 0 Å². The minimum atomic E-state index is -0.238. The molecule has 2 amide bonds. The van der Waals surface area contributed by atoms with Gasteiger partial charge >= 0.3 is 0 Å². The topological polar surface area (TPSA) is 59.1 Å². The van der Waals surface area contributed by atoms with Crippen LogP contribution in [0.15, 0.2) is 60.3 Å². The van der Waals surface area contributed by atoms with Crippen LogP contribution in [0.25, 0.3) is 5.57 Å². The molecule has 0 unspecified atom stereocenters. The van der Waals surface area contributed by atoms with E-state index in [2.05, 4.69) is 0 Å². The molecule has 150 valence electrons. The molecule has 2 aromatic rings. The molecular weight excluding hydrogens is 368 g/mol. The first-order chi connectivity index (χ1) is 14.2. The number of carbonyl (C=O) groups excluding carboxylic acids is 2. The summed E-state index contributed by atoms with van der Waals surface area (Å²) in [5.74, 6) is 0.246. The number of ether oxygens (including phenoxy) is 2. The summed E-state index contributed by atoms with van der Waals surface area (Å²) in [6, 6.07) is 17.2. The molecule has 6 heteroatoms. The average Bonchev–Trinajstić information content (AvgIpc) is 3.03. The van der Waals surface area contributed by atoms with Gasteiger partial charge in [0.25, 0.3) is 11.8 Å². The molecule has 0 aromatic heterocycles. The zero-order valence-corrected chi connectivity index (χ0v) is 16.5.